The molecule has 1 heterocycles. The number of fused-ring (bicyclic) bond motifs is 1. The molecule has 78 valence electrons. The molecular weight excluding hydrogens is 182 g/mol. The standard InChI is InChI=1S/C10H15NO3/c12-10(13)9-7-5-3-1-2-4-6-8(7)14-11-9/h7-8H,1-6H2,(H,12,13)/p-1/t7-,8+/m0/s1. The van der Waals surface area contributed by atoms with Gasteiger partial charge in [-0.25, -0.2) is 0 Å². The second-order valence-corrected chi connectivity index (χ2v) is 4.01. The molecule has 14 heavy (non-hydrogen) atoms. The number of carbonyl (C=O) groups excluding carboxylic acids is 1. The summed E-state index contributed by atoms with van der Waals surface area (Å²) in [7, 11) is 0. The highest BCUT2D eigenvalue weighted by atomic mass is 16.6. The predicted octanol–water partition coefficient (Wildman–Crippen LogP) is 0.461. The molecule has 0 aromatic rings. The molecule has 1 aliphatic carbocycles. The van der Waals surface area contributed by atoms with Crippen LogP contribution in [0.2, 0.25) is 0 Å². The normalized spacial score (nSPS) is 32.1. The zero-order valence-corrected chi connectivity index (χ0v) is 8.07. The van der Waals surface area contributed by atoms with Gasteiger partial charge in [-0.15, -0.1) is 0 Å². The summed E-state index contributed by atoms with van der Waals surface area (Å²) < 4.78 is 0. The highest BCUT2D eigenvalue weighted by molar-refractivity contribution is 6.35. The first-order valence-corrected chi connectivity index (χ1v) is 5.24. The van der Waals surface area contributed by atoms with Crippen molar-refractivity contribution in [3.05, 3.63) is 0 Å². The van der Waals surface area contributed by atoms with E-state index in [9.17, 15) is 9.90 Å². The molecule has 4 heteroatoms. The van der Waals surface area contributed by atoms with Gasteiger partial charge in [0.2, 0.25) is 0 Å². The van der Waals surface area contributed by atoms with Crippen molar-refractivity contribution in [3.8, 4) is 0 Å². The smallest absolute Gasteiger partial charge is 0.136 e. The molecule has 0 unspecified atom stereocenters. The third kappa shape index (κ3) is 1.74. The Bertz CT molecular complexity index is 262. The summed E-state index contributed by atoms with van der Waals surface area (Å²) >= 11 is 0. The van der Waals surface area contributed by atoms with Gasteiger partial charge in [0.1, 0.15) is 11.8 Å². The zero-order valence-electron chi connectivity index (χ0n) is 8.07. The van der Waals surface area contributed by atoms with Gasteiger partial charge in [-0.1, -0.05) is 24.4 Å². The minimum atomic E-state index is -1.17. The first-order chi connectivity index (χ1) is 6.79. The van der Waals surface area contributed by atoms with E-state index in [2.05, 4.69) is 5.16 Å². The van der Waals surface area contributed by atoms with Crippen LogP contribution in [0.1, 0.15) is 38.5 Å². The summed E-state index contributed by atoms with van der Waals surface area (Å²) in [6, 6.07) is 0. The summed E-state index contributed by atoms with van der Waals surface area (Å²) in [5, 5.41) is 14.4. The number of carboxylic acids is 1. The van der Waals surface area contributed by atoms with Gasteiger partial charge in [-0.2, -0.15) is 0 Å². The van der Waals surface area contributed by atoms with Crippen molar-refractivity contribution < 1.29 is 14.7 Å². The number of hydrogen-bond donors (Lipinski definition) is 0. The number of aliphatic carboxylic acids is 1. The van der Waals surface area contributed by atoms with Gasteiger partial charge in [0, 0.05) is 5.92 Å². The number of nitrogens with zero attached hydrogens (tertiary/aromatic N) is 1. The molecule has 0 bridgehead atoms. The number of hydrogen-bond acceptors (Lipinski definition) is 4. The topological polar surface area (TPSA) is 61.7 Å². The van der Waals surface area contributed by atoms with Crippen molar-refractivity contribution in [2.24, 2.45) is 11.1 Å². The van der Waals surface area contributed by atoms with Gasteiger partial charge in [-0.3, -0.25) is 0 Å². The minimum Gasteiger partial charge on any atom is -0.543 e. The lowest BCUT2D eigenvalue weighted by Crippen LogP contribution is -2.38. The monoisotopic (exact) mass is 196 g/mol. The Morgan fingerprint density at radius 2 is 2.00 bits per heavy atom. The van der Waals surface area contributed by atoms with E-state index in [0.29, 0.717) is 0 Å². The Morgan fingerprint density at radius 1 is 1.29 bits per heavy atom. The minimum absolute atomic E-state index is 0.0109. The molecule has 0 spiro atoms. The Morgan fingerprint density at radius 3 is 2.71 bits per heavy atom. The average molecular weight is 196 g/mol. The first-order valence-electron chi connectivity index (χ1n) is 5.24. The molecule has 1 saturated carbocycles. The summed E-state index contributed by atoms with van der Waals surface area (Å²) in [4.78, 5) is 15.9. The van der Waals surface area contributed by atoms with Crippen LogP contribution in [-0.4, -0.2) is 17.8 Å². The fraction of sp³-hybridized carbons (Fsp3) is 0.800. The molecule has 4 nitrogen and oxygen atoms in total. The quantitative estimate of drug-likeness (QED) is 0.612. The van der Waals surface area contributed by atoms with Crippen LogP contribution in [0, 0.1) is 5.92 Å². The maximum atomic E-state index is 10.7. The molecule has 0 N–H and O–H groups in total. The van der Waals surface area contributed by atoms with Gasteiger partial charge >= 0.3 is 0 Å². The van der Waals surface area contributed by atoms with E-state index in [1.54, 1.807) is 0 Å². The molecule has 2 atom stereocenters. The molecule has 2 aliphatic rings. The number of oxime groups is 1. The van der Waals surface area contributed by atoms with E-state index in [1.165, 1.54) is 12.8 Å². The summed E-state index contributed by atoms with van der Waals surface area (Å²) in [5.74, 6) is -1.20. The maximum Gasteiger partial charge on any atom is 0.136 e. The highest BCUT2D eigenvalue weighted by Crippen LogP contribution is 2.30. The van der Waals surface area contributed by atoms with Crippen LogP contribution in [-0.2, 0) is 9.63 Å². The lowest BCUT2D eigenvalue weighted by atomic mass is 9.86. The van der Waals surface area contributed by atoms with Crippen molar-refractivity contribution in [2.75, 3.05) is 0 Å². The van der Waals surface area contributed by atoms with E-state index in [4.69, 9.17) is 4.84 Å². The largest absolute Gasteiger partial charge is 0.543 e. The van der Waals surface area contributed by atoms with Gasteiger partial charge in [0.25, 0.3) is 0 Å². The Balaban J connectivity index is 2.07. The molecule has 2 rings (SSSR count). The van der Waals surface area contributed by atoms with Crippen LogP contribution >= 0.6 is 0 Å². The van der Waals surface area contributed by atoms with Crippen molar-refractivity contribution in [1.82, 2.24) is 0 Å². The summed E-state index contributed by atoms with van der Waals surface area (Å²) in [6.07, 6.45) is 6.36. The van der Waals surface area contributed by atoms with Gasteiger partial charge in [0.15, 0.2) is 0 Å². The SMILES string of the molecule is O=C([O-])C1=NO[C@@H]2CCCCCC[C@H]12. The molecule has 1 aliphatic heterocycles. The lowest BCUT2D eigenvalue weighted by Gasteiger charge is -2.21. The van der Waals surface area contributed by atoms with E-state index >= 15 is 0 Å². The maximum absolute atomic E-state index is 10.7. The molecule has 1 fully saturated rings. The molecule has 0 aromatic heterocycles. The van der Waals surface area contributed by atoms with Crippen LogP contribution in [0.3, 0.4) is 0 Å². The molecule has 0 amide bonds. The van der Waals surface area contributed by atoms with Crippen molar-refractivity contribution in [3.63, 3.8) is 0 Å². The van der Waals surface area contributed by atoms with Crippen LogP contribution in [0.15, 0.2) is 5.16 Å². The fourth-order valence-electron chi connectivity index (χ4n) is 2.27. The Kier molecular flexibility index (Phi) is 2.70. The van der Waals surface area contributed by atoms with Crippen molar-refractivity contribution >= 4 is 11.7 Å². The second-order valence-electron chi connectivity index (χ2n) is 4.01. The number of carboxylic acid groups (broad SMARTS) is 1. The van der Waals surface area contributed by atoms with E-state index in [1.807, 2.05) is 0 Å². The summed E-state index contributed by atoms with van der Waals surface area (Å²) in [6.45, 7) is 0. The van der Waals surface area contributed by atoms with Crippen LogP contribution in [0.4, 0.5) is 0 Å². The first kappa shape index (κ1) is 9.49. The number of rotatable bonds is 1. The van der Waals surface area contributed by atoms with E-state index in [-0.39, 0.29) is 17.7 Å². The molecule has 0 aromatic carbocycles. The molecule has 0 saturated heterocycles. The molecule has 0 radical (unpaired) electrons. The van der Waals surface area contributed by atoms with E-state index < -0.39 is 5.97 Å². The van der Waals surface area contributed by atoms with Gasteiger partial charge in [0.05, 0.1) is 5.97 Å². The third-order valence-electron chi connectivity index (χ3n) is 3.05. The Hall–Kier alpha value is -1.06. The van der Waals surface area contributed by atoms with Crippen molar-refractivity contribution in [1.29, 1.82) is 0 Å². The van der Waals surface area contributed by atoms with Crippen LogP contribution in [0.5, 0.6) is 0 Å². The summed E-state index contributed by atoms with van der Waals surface area (Å²) in [5.41, 5.74) is 0.122. The fourth-order valence-corrected chi connectivity index (χ4v) is 2.27. The van der Waals surface area contributed by atoms with E-state index in [0.717, 1.165) is 25.7 Å². The van der Waals surface area contributed by atoms with Crippen molar-refractivity contribution in [2.45, 2.75) is 44.6 Å². The zero-order chi connectivity index (χ0) is 9.97. The highest BCUT2D eigenvalue weighted by Gasteiger charge is 2.34. The lowest BCUT2D eigenvalue weighted by molar-refractivity contribution is -0.294. The second kappa shape index (κ2) is 3.98. The number of carbonyl (C=O) groups is 1. The third-order valence-corrected chi connectivity index (χ3v) is 3.05. The predicted molar refractivity (Wildman–Crippen MR) is 48.5 cm³/mol. The average Bonchev–Trinajstić information content (AvgIpc) is 2.47. The Labute approximate surface area is 82.9 Å². The van der Waals surface area contributed by atoms with Crippen LogP contribution in [0.25, 0.3) is 0 Å². The molecular formula is C10H14NO3-. The van der Waals surface area contributed by atoms with Gasteiger partial charge < -0.3 is 14.7 Å². The van der Waals surface area contributed by atoms with Gasteiger partial charge in [-0.05, 0) is 19.3 Å². The van der Waals surface area contributed by atoms with Crippen LogP contribution < -0.4 is 5.11 Å².